The van der Waals surface area contributed by atoms with Crippen molar-refractivity contribution in [1.29, 1.82) is 0 Å². The predicted molar refractivity (Wildman–Crippen MR) is 66.9 cm³/mol. The van der Waals surface area contributed by atoms with Crippen molar-refractivity contribution < 1.29 is 28.5 Å². The van der Waals surface area contributed by atoms with Gasteiger partial charge in [0.2, 0.25) is 0 Å². The Morgan fingerprint density at radius 2 is 1.38 bits per heavy atom. The number of benzene rings is 1. The van der Waals surface area contributed by atoms with E-state index in [0.717, 1.165) is 0 Å². The van der Waals surface area contributed by atoms with Crippen LogP contribution in [-0.2, 0) is 6.42 Å². The summed E-state index contributed by atoms with van der Waals surface area (Å²) in [7, 11) is 0. The average Bonchev–Trinajstić information content (AvgIpc) is 2.33. The lowest BCUT2D eigenvalue weighted by atomic mass is 10.1. The maximum atomic E-state index is 2.30. The SMILES string of the molecule is CC[N+](CC)(CC)CCc1ccccc1.[I-]. The third-order valence-corrected chi connectivity index (χ3v) is 3.73. The number of hydrogen-bond donors (Lipinski definition) is 0. The van der Waals surface area contributed by atoms with Crippen LogP contribution >= 0.6 is 0 Å². The normalized spacial score (nSPS) is 10.9. The molecular weight excluding hydrogens is 309 g/mol. The first-order valence-corrected chi connectivity index (χ1v) is 6.15. The number of halogens is 1. The first-order valence-electron chi connectivity index (χ1n) is 6.15. The van der Waals surface area contributed by atoms with Crippen molar-refractivity contribution in [3.63, 3.8) is 0 Å². The summed E-state index contributed by atoms with van der Waals surface area (Å²) in [4.78, 5) is 0. The summed E-state index contributed by atoms with van der Waals surface area (Å²) in [6.45, 7) is 11.9. The third kappa shape index (κ3) is 4.42. The molecule has 1 nitrogen and oxygen atoms in total. The van der Waals surface area contributed by atoms with E-state index < -0.39 is 0 Å². The molecule has 1 aromatic rings. The molecule has 0 bridgehead atoms. The summed E-state index contributed by atoms with van der Waals surface area (Å²) in [6.07, 6.45) is 1.20. The monoisotopic (exact) mass is 333 g/mol. The summed E-state index contributed by atoms with van der Waals surface area (Å²) in [6, 6.07) is 10.8. The van der Waals surface area contributed by atoms with Crippen molar-refractivity contribution in [2.75, 3.05) is 26.2 Å². The van der Waals surface area contributed by atoms with Gasteiger partial charge in [-0.3, -0.25) is 0 Å². The van der Waals surface area contributed by atoms with Crippen LogP contribution in [0, 0.1) is 0 Å². The molecule has 0 aliphatic heterocycles. The second-order valence-corrected chi connectivity index (χ2v) is 4.25. The van der Waals surface area contributed by atoms with Gasteiger partial charge in [0.25, 0.3) is 0 Å². The molecule has 0 amide bonds. The minimum Gasteiger partial charge on any atom is -1.00 e. The van der Waals surface area contributed by atoms with E-state index in [2.05, 4.69) is 51.1 Å². The molecule has 0 aliphatic carbocycles. The Labute approximate surface area is 117 Å². The second kappa shape index (κ2) is 8.07. The molecule has 1 aromatic carbocycles. The minimum atomic E-state index is 0. The number of likely N-dealkylation sites (N-methyl/N-ethyl adjacent to an activating group) is 1. The molecule has 0 spiro atoms. The lowest BCUT2D eigenvalue weighted by Gasteiger charge is -2.35. The van der Waals surface area contributed by atoms with Gasteiger partial charge >= 0.3 is 0 Å². The summed E-state index contributed by atoms with van der Waals surface area (Å²) in [5.41, 5.74) is 1.47. The number of quaternary nitrogens is 1. The molecule has 1 rings (SSSR count). The molecule has 0 saturated carbocycles. The van der Waals surface area contributed by atoms with Gasteiger partial charge in [-0.15, -0.1) is 0 Å². The van der Waals surface area contributed by atoms with Crippen molar-refractivity contribution in [3.8, 4) is 0 Å². The minimum absolute atomic E-state index is 0. The highest BCUT2D eigenvalue weighted by molar-refractivity contribution is 5.14. The Balaban J connectivity index is 0.00000225. The van der Waals surface area contributed by atoms with E-state index in [1.54, 1.807) is 0 Å². The van der Waals surface area contributed by atoms with E-state index in [4.69, 9.17) is 0 Å². The van der Waals surface area contributed by atoms with Crippen molar-refractivity contribution >= 4 is 0 Å². The Morgan fingerprint density at radius 3 is 1.81 bits per heavy atom. The van der Waals surface area contributed by atoms with Crippen LogP contribution in [0.1, 0.15) is 26.3 Å². The fourth-order valence-corrected chi connectivity index (χ4v) is 2.16. The Bertz CT molecular complexity index is 259. The van der Waals surface area contributed by atoms with Crippen LogP contribution in [0.4, 0.5) is 0 Å². The number of rotatable bonds is 6. The Hall–Kier alpha value is -0.0900. The van der Waals surface area contributed by atoms with Crippen LogP contribution in [0.2, 0.25) is 0 Å². The topological polar surface area (TPSA) is 0 Å². The molecule has 0 heterocycles. The highest BCUT2D eigenvalue weighted by atomic mass is 127. The van der Waals surface area contributed by atoms with E-state index in [9.17, 15) is 0 Å². The summed E-state index contributed by atoms with van der Waals surface area (Å²) >= 11 is 0. The molecule has 0 unspecified atom stereocenters. The smallest absolute Gasteiger partial charge is 0.0827 e. The van der Waals surface area contributed by atoms with Gasteiger partial charge in [0.15, 0.2) is 0 Å². The highest BCUT2D eigenvalue weighted by Gasteiger charge is 2.19. The lowest BCUT2D eigenvalue weighted by Crippen LogP contribution is -3.00. The number of hydrogen-bond acceptors (Lipinski definition) is 0. The predicted octanol–water partition coefficient (Wildman–Crippen LogP) is 0.110. The van der Waals surface area contributed by atoms with Gasteiger partial charge in [-0.05, 0) is 26.3 Å². The second-order valence-electron chi connectivity index (χ2n) is 4.25. The zero-order valence-corrected chi connectivity index (χ0v) is 12.9. The van der Waals surface area contributed by atoms with Crippen LogP contribution in [0.25, 0.3) is 0 Å². The molecule has 16 heavy (non-hydrogen) atoms. The molecule has 0 saturated heterocycles. The van der Waals surface area contributed by atoms with E-state index in [0.29, 0.717) is 0 Å². The molecule has 0 atom stereocenters. The van der Waals surface area contributed by atoms with Gasteiger partial charge in [-0.25, -0.2) is 0 Å². The van der Waals surface area contributed by atoms with Crippen LogP contribution in [0.5, 0.6) is 0 Å². The van der Waals surface area contributed by atoms with E-state index >= 15 is 0 Å². The molecule has 0 fully saturated rings. The van der Waals surface area contributed by atoms with E-state index in [1.807, 2.05) is 0 Å². The molecular formula is C14H24IN. The van der Waals surface area contributed by atoms with Gasteiger partial charge < -0.3 is 28.5 Å². The molecule has 2 heteroatoms. The van der Waals surface area contributed by atoms with Gasteiger partial charge in [-0.2, -0.15) is 0 Å². The highest BCUT2D eigenvalue weighted by Crippen LogP contribution is 2.09. The Morgan fingerprint density at radius 1 is 0.875 bits per heavy atom. The van der Waals surface area contributed by atoms with Gasteiger partial charge in [0.05, 0.1) is 26.2 Å². The quantitative estimate of drug-likeness (QED) is 0.512. The summed E-state index contributed by atoms with van der Waals surface area (Å²) in [5, 5.41) is 0. The first kappa shape index (κ1) is 15.9. The molecule has 0 radical (unpaired) electrons. The third-order valence-electron chi connectivity index (χ3n) is 3.73. The van der Waals surface area contributed by atoms with Crippen molar-refractivity contribution in [2.45, 2.75) is 27.2 Å². The fraction of sp³-hybridized carbons (Fsp3) is 0.571. The largest absolute Gasteiger partial charge is 1.00 e. The maximum Gasteiger partial charge on any atom is 0.0827 e. The van der Waals surface area contributed by atoms with Gasteiger partial charge in [0, 0.05) is 6.42 Å². The zero-order valence-electron chi connectivity index (χ0n) is 10.7. The average molecular weight is 333 g/mol. The maximum absolute atomic E-state index is 2.30. The Kier molecular flexibility index (Phi) is 8.02. The zero-order chi connectivity index (χ0) is 11.1. The van der Waals surface area contributed by atoms with Crippen molar-refractivity contribution in [3.05, 3.63) is 35.9 Å². The van der Waals surface area contributed by atoms with Crippen molar-refractivity contribution in [2.24, 2.45) is 0 Å². The lowest BCUT2D eigenvalue weighted by molar-refractivity contribution is -0.923. The van der Waals surface area contributed by atoms with Crippen LogP contribution in [0.15, 0.2) is 30.3 Å². The van der Waals surface area contributed by atoms with Gasteiger partial charge in [0.1, 0.15) is 0 Å². The molecule has 0 aromatic heterocycles. The van der Waals surface area contributed by atoms with Crippen LogP contribution < -0.4 is 24.0 Å². The molecule has 0 N–H and O–H groups in total. The molecule has 92 valence electrons. The molecule has 0 aliphatic rings. The van der Waals surface area contributed by atoms with Gasteiger partial charge in [-0.1, -0.05) is 30.3 Å². The summed E-state index contributed by atoms with van der Waals surface area (Å²) in [5.74, 6) is 0. The van der Waals surface area contributed by atoms with Crippen molar-refractivity contribution in [1.82, 2.24) is 0 Å². The van der Waals surface area contributed by atoms with E-state index in [1.165, 1.54) is 42.6 Å². The van der Waals surface area contributed by atoms with Crippen LogP contribution in [-0.4, -0.2) is 30.7 Å². The first-order chi connectivity index (χ1) is 7.26. The fourth-order valence-electron chi connectivity index (χ4n) is 2.16. The number of nitrogens with zero attached hydrogens (tertiary/aromatic N) is 1. The van der Waals surface area contributed by atoms with Crippen LogP contribution in [0.3, 0.4) is 0 Å². The van der Waals surface area contributed by atoms with E-state index in [-0.39, 0.29) is 24.0 Å². The summed E-state index contributed by atoms with van der Waals surface area (Å²) < 4.78 is 1.24. The standard InChI is InChI=1S/C14H24N.HI/c1-4-15(5-2,6-3)13-12-14-10-8-7-9-11-14;/h7-11H,4-6,12-13H2,1-3H3;1H/q+1;/p-1.